The molecule has 1 aliphatic carbocycles. The van der Waals surface area contributed by atoms with E-state index in [4.69, 9.17) is 4.98 Å². The van der Waals surface area contributed by atoms with Crippen LogP contribution in [0, 0.1) is 17.9 Å². The predicted molar refractivity (Wildman–Crippen MR) is 214 cm³/mol. The smallest absolute Gasteiger partial charge is 0.162 e. The summed E-state index contributed by atoms with van der Waals surface area (Å²) in [5.41, 5.74) is 10.4. The van der Waals surface area contributed by atoms with Gasteiger partial charge in [0.15, 0.2) is 5.78 Å². The van der Waals surface area contributed by atoms with E-state index >= 15 is 0 Å². The zero-order valence-electron chi connectivity index (χ0n) is 31.4. The molecule has 0 saturated heterocycles. The van der Waals surface area contributed by atoms with Crippen molar-refractivity contribution in [1.82, 2.24) is 9.97 Å². The number of carbonyl (C=O) groups is 1. The van der Waals surface area contributed by atoms with Gasteiger partial charge in [0, 0.05) is 49.3 Å². The molecular formula is C47H49IrN2O2-. The molecule has 0 spiro atoms. The Bertz CT molecular complexity index is 2240. The molecule has 0 atom stereocenters. The number of hydrogen-bond donors (Lipinski definition) is 1. The van der Waals surface area contributed by atoms with Crippen LogP contribution in [-0.4, -0.2) is 20.9 Å². The minimum atomic E-state index is 0. The summed E-state index contributed by atoms with van der Waals surface area (Å²) in [6.07, 6.45) is 6.59. The number of fused-ring (bicyclic) bond motifs is 4. The van der Waals surface area contributed by atoms with Gasteiger partial charge in [0.05, 0.1) is 11.5 Å². The van der Waals surface area contributed by atoms with Gasteiger partial charge >= 0.3 is 0 Å². The summed E-state index contributed by atoms with van der Waals surface area (Å²) in [6.45, 7) is 14.8. The maximum absolute atomic E-state index is 11.7. The van der Waals surface area contributed by atoms with Gasteiger partial charge in [-0.2, -0.15) is 0 Å². The Kier molecular flexibility index (Phi) is 12.3. The summed E-state index contributed by atoms with van der Waals surface area (Å²) in [5.74, 6) is 0.547. The molecule has 1 aromatic heterocycles. The van der Waals surface area contributed by atoms with E-state index in [2.05, 4.69) is 123 Å². The van der Waals surface area contributed by atoms with Crippen LogP contribution in [0.2, 0.25) is 0 Å². The first-order chi connectivity index (χ1) is 24.6. The molecule has 0 saturated carbocycles. The van der Waals surface area contributed by atoms with Gasteiger partial charge in [0.1, 0.15) is 6.33 Å². The molecule has 4 nitrogen and oxygen atoms in total. The molecule has 1 heterocycles. The predicted octanol–water partition coefficient (Wildman–Crippen LogP) is 12.7. The molecule has 5 heteroatoms. The average Bonchev–Trinajstić information content (AvgIpc) is 3.46. The minimum absolute atomic E-state index is 0. The second-order valence-corrected chi connectivity index (χ2v) is 14.7. The van der Waals surface area contributed by atoms with Crippen LogP contribution in [0.5, 0.6) is 0 Å². The quantitative estimate of drug-likeness (QED) is 0.0892. The van der Waals surface area contributed by atoms with Crippen molar-refractivity contribution < 1.29 is 30.0 Å². The van der Waals surface area contributed by atoms with Gasteiger partial charge in [0.25, 0.3) is 0 Å². The van der Waals surface area contributed by atoms with E-state index in [1.807, 2.05) is 27.7 Å². The number of aliphatic hydroxyl groups excluding tert-OH is 1. The fourth-order valence-corrected chi connectivity index (χ4v) is 7.40. The van der Waals surface area contributed by atoms with Crippen LogP contribution < -0.4 is 0 Å². The molecule has 269 valence electrons. The van der Waals surface area contributed by atoms with Crippen molar-refractivity contribution in [2.45, 2.75) is 79.6 Å². The zero-order valence-corrected chi connectivity index (χ0v) is 33.8. The Morgan fingerprint density at radius 1 is 0.731 bits per heavy atom. The standard InChI is InChI=1S/C34H25N2.C13H24O2.Ir/c1-34(2,3)30-18-24(15-21-9-4-5-11-25(21)30)32-19-31(35-20-36-32)23-16-22-10-8-14-28-26-12-6-7-13-27(26)29(17-23)33(22)28;1-5-10(6-2)12(14)9-13(15)11(7-3)8-4;/h4-14,16-20H,1-3H3;9-11,14H,5-8H2,1-4H3;/q-1;;/b;12-9-;. The van der Waals surface area contributed by atoms with Crippen LogP contribution in [0.3, 0.4) is 0 Å². The molecular weight excluding hydrogens is 817 g/mol. The van der Waals surface area contributed by atoms with Crippen molar-refractivity contribution in [2.24, 2.45) is 11.8 Å². The molecule has 1 radical (unpaired) electrons. The van der Waals surface area contributed by atoms with Gasteiger partial charge in [0.2, 0.25) is 0 Å². The molecule has 0 unspecified atom stereocenters. The van der Waals surface area contributed by atoms with E-state index < -0.39 is 0 Å². The number of aliphatic hydroxyl groups is 1. The molecule has 7 rings (SSSR count). The first kappa shape index (κ1) is 38.8. The van der Waals surface area contributed by atoms with E-state index in [9.17, 15) is 9.90 Å². The summed E-state index contributed by atoms with van der Waals surface area (Å²) >= 11 is 0. The third-order valence-corrected chi connectivity index (χ3v) is 10.4. The molecule has 52 heavy (non-hydrogen) atoms. The van der Waals surface area contributed by atoms with Crippen LogP contribution in [-0.2, 0) is 30.3 Å². The molecule has 0 bridgehead atoms. The third kappa shape index (κ3) is 7.82. The van der Waals surface area contributed by atoms with E-state index in [0.29, 0.717) is 0 Å². The van der Waals surface area contributed by atoms with Crippen molar-refractivity contribution in [3.8, 4) is 44.8 Å². The van der Waals surface area contributed by atoms with Gasteiger partial charge in [-0.1, -0.05) is 120 Å². The Morgan fingerprint density at radius 2 is 1.35 bits per heavy atom. The molecule has 0 aliphatic heterocycles. The van der Waals surface area contributed by atoms with Gasteiger partial charge in [-0.15, -0.1) is 29.1 Å². The van der Waals surface area contributed by atoms with Crippen LogP contribution >= 0.6 is 0 Å². The third-order valence-electron chi connectivity index (χ3n) is 10.4. The molecule has 0 fully saturated rings. The number of benzene rings is 5. The van der Waals surface area contributed by atoms with Crippen LogP contribution in [0.25, 0.3) is 66.3 Å². The van der Waals surface area contributed by atoms with Crippen molar-refractivity contribution in [3.05, 3.63) is 121 Å². The Morgan fingerprint density at radius 3 is 2.02 bits per heavy atom. The maximum atomic E-state index is 11.7. The zero-order chi connectivity index (χ0) is 36.3. The van der Waals surface area contributed by atoms with Crippen molar-refractivity contribution in [3.63, 3.8) is 0 Å². The largest absolute Gasteiger partial charge is 0.512 e. The fourth-order valence-electron chi connectivity index (χ4n) is 7.40. The summed E-state index contributed by atoms with van der Waals surface area (Å²) in [6, 6.07) is 36.3. The van der Waals surface area contributed by atoms with Crippen LogP contribution in [0.15, 0.2) is 109 Å². The Labute approximate surface area is 322 Å². The number of nitrogens with zero attached hydrogens (tertiary/aromatic N) is 2. The molecule has 5 aromatic carbocycles. The van der Waals surface area contributed by atoms with E-state index in [0.717, 1.165) is 53.6 Å². The van der Waals surface area contributed by atoms with E-state index in [-0.39, 0.29) is 48.9 Å². The molecule has 1 aliphatic rings. The second kappa shape index (κ2) is 16.5. The van der Waals surface area contributed by atoms with Crippen LogP contribution in [0.4, 0.5) is 0 Å². The van der Waals surface area contributed by atoms with Crippen molar-refractivity contribution in [1.29, 1.82) is 0 Å². The number of hydrogen-bond acceptors (Lipinski definition) is 4. The van der Waals surface area contributed by atoms with Crippen LogP contribution in [0.1, 0.15) is 79.7 Å². The van der Waals surface area contributed by atoms with E-state index in [1.165, 1.54) is 50.1 Å². The number of ketones is 1. The Balaban J connectivity index is 0.000000280. The number of allylic oxidation sites excluding steroid dienone is 2. The fraction of sp³-hybridized carbons (Fsp3) is 0.298. The number of aromatic nitrogens is 2. The van der Waals surface area contributed by atoms with Gasteiger partial charge < -0.3 is 5.11 Å². The Hall–Kier alpha value is -4.44. The summed E-state index contributed by atoms with van der Waals surface area (Å²) in [4.78, 5) is 21.1. The van der Waals surface area contributed by atoms with Gasteiger partial charge in [-0.25, -0.2) is 4.98 Å². The first-order valence-corrected chi connectivity index (χ1v) is 18.5. The topological polar surface area (TPSA) is 63.1 Å². The van der Waals surface area contributed by atoms with Crippen molar-refractivity contribution in [2.75, 3.05) is 0 Å². The SMILES string of the molecule is CC(C)(C)c1cc(-c2cc(-c3cc4c5c(cccc5c3)-c3ccccc3-4)ncn2)[c-]c2ccccc12.CCC(CC)C(=O)/C=C(\O)C(CC)CC.[Ir]. The number of carbonyl (C=O) groups excluding carboxylic acids is 1. The summed E-state index contributed by atoms with van der Waals surface area (Å²) in [7, 11) is 0. The molecule has 0 amide bonds. The van der Waals surface area contributed by atoms with Gasteiger partial charge in [-0.05, 0) is 82.3 Å². The molecule has 1 N–H and O–H groups in total. The molecule has 6 aromatic rings. The number of rotatable bonds is 9. The average molecular weight is 866 g/mol. The van der Waals surface area contributed by atoms with Crippen molar-refractivity contribution >= 4 is 27.3 Å². The maximum Gasteiger partial charge on any atom is 0.162 e. The van der Waals surface area contributed by atoms with E-state index in [1.54, 1.807) is 6.33 Å². The first-order valence-electron chi connectivity index (χ1n) is 18.5. The summed E-state index contributed by atoms with van der Waals surface area (Å²) in [5, 5.41) is 14.7. The minimum Gasteiger partial charge on any atom is -0.512 e. The summed E-state index contributed by atoms with van der Waals surface area (Å²) < 4.78 is 0. The second-order valence-electron chi connectivity index (χ2n) is 14.7. The monoisotopic (exact) mass is 866 g/mol. The van der Waals surface area contributed by atoms with Gasteiger partial charge in [-0.3, -0.25) is 9.78 Å². The normalized spacial score (nSPS) is 12.1.